The summed E-state index contributed by atoms with van der Waals surface area (Å²) >= 11 is 1.76. The zero-order valence-electron chi connectivity index (χ0n) is 13.2. The van der Waals surface area contributed by atoms with Crippen LogP contribution < -0.4 is 15.4 Å². The maximum absolute atomic E-state index is 12.0. The molecule has 0 saturated heterocycles. The fraction of sp³-hybridized carbons (Fsp3) is 0.353. The molecule has 2 N–H and O–H groups in total. The summed E-state index contributed by atoms with van der Waals surface area (Å²) in [5.74, 6) is 0.685. The van der Waals surface area contributed by atoms with E-state index in [1.165, 1.54) is 16.0 Å². The van der Waals surface area contributed by atoms with Crippen LogP contribution in [0, 0.1) is 13.8 Å². The van der Waals surface area contributed by atoms with Gasteiger partial charge in [-0.2, -0.15) is 0 Å². The lowest BCUT2D eigenvalue weighted by Gasteiger charge is -2.12. The third kappa shape index (κ3) is 4.24. The quantitative estimate of drug-likeness (QED) is 0.841. The molecule has 0 bridgehead atoms. The maximum Gasteiger partial charge on any atom is 0.319 e. The Balaban J connectivity index is 1.84. The van der Waals surface area contributed by atoms with E-state index in [4.69, 9.17) is 4.74 Å². The van der Waals surface area contributed by atoms with Gasteiger partial charge in [0.2, 0.25) is 0 Å². The van der Waals surface area contributed by atoms with Gasteiger partial charge in [-0.05, 0) is 55.8 Å². The second-order valence-electron chi connectivity index (χ2n) is 5.00. The molecule has 0 fully saturated rings. The number of ether oxygens (including phenoxy) is 1. The minimum atomic E-state index is -0.211. The molecule has 1 heterocycles. The molecule has 2 rings (SSSR count). The number of urea groups is 1. The molecule has 22 heavy (non-hydrogen) atoms. The van der Waals surface area contributed by atoms with Crippen molar-refractivity contribution in [1.82, 2.24) is 5.32 Å². The van der Waals surface area contributed by atoms with Crippen LogP contribution in [0.25, 0.3) is 0 Å². The molecule has 0 radical (unpaired) electrons. The number of anilines is 1. The number of nitrogens with one attached hydrogen (secondary N) is 2. The highest BCUT2D eigenvalue weighted by Crippen LogP contribution is 2.23. The van der Waals surface area contributed by atoms with Gasteiger partial charge in [0.05, 0.1) is 12.3 Å². The molecule has 118 valence electrons. The molecule has 2 aromatic rings. The summed E-state index contributed by atoms with van der Waals surface area (Å²) in [6.45, 7) is 7.34. The molecule has 5 heteroatoms. The Morgan fingerprint density at radius 2 is 2.05 bits per heavy atom. The van der Waals surface area contributed by atoms with Gasteiger partial charge < -0.3 is 15.4 Å². The Morgan fingerprint density at radius 3 is 2.73 bits per heavy atom. The monoisotopic (exact) mass is 318 g/mol. The zero-order chi connectivity index (χ0) is 15.9. The van der Waals surface area contributed by atoms with Crippen LogP contribution in [0.3, 0.4) is 0 Å². The fourth-order valence-corrected chi connectivity index (χ4v) is 3.06. The summed E-state index contributed by atoms with van der Waals surface area (Å²) in [4.78, 5) is 13.3. The van der Waals surface area contributed by atoms with Crippen molar-refractivity contribution in [2.24, 2.45) is 0 Å². The molecule has 4 nitrogen and oxygen atoms in total. The van der Waals surface area contributed by atoms with Gasteiger partial charge in [0.1, 0.15) is 5.75 Å². The van der Waals surface area contributed by atoms with Gasteiger partial charge in [-0.15, -0.1) is 11.3 Å². The number of rotatable bonds is 6. The molecule has 0 aliphatic carbocycles. The lowest BCUT2D eigenvalue weighted by Crippen LogP contribution is -2.30. The third-order valence-electron chi connectivity index (χ3n) is 3.50. The average molecular weight is 318 g/mol. The Labute approximate surface area is 135 Å². The van der Waals surface area contributed by atoms with E-state index in [2.05, 4.69) is 29.9 Å². The van der Waals surface area contributed by atoms with E-state index in [1.807, 2.05) is 31.2 Å². The van der Waals surface area contributed by atoms with Gasteiger partial charge in [-0.3, -0.25) is 0 Å². The zero-order valence-corrected chi connectivity index (χ0v) is 14.0. The number of thiophene rings is 1. The Bertz CT molecular complexity index is 637. The Morgan fingerprint density at radius 1 is 1.27 bits per heavy atom. The maximum atomic E-state index is 12.0. The highest BCUT2D eigenvalue weighted by Gasteiger charge is 2.08. The van der Waals surface area contributed by atoms with E-state index < -0.39 is 0 Å². The molecule has 0 saturated carbocycles. The molecule has 0 spiro atoms. The summed E-state index contributed by atoms with van der Waals surface area (Å²) in [5.41, 5.74) is 3.32. The summed E-state index contributed by atoms with van der Waals surface area (Å²) < 4.78 is 5.49. The van der Waals surface area contributed by atoms with Crippen molar-refractivity contribution >= 4 is 23.1 Å². The smallest absolute Gasteiger partial charge is 0.319 e. The van der Waals surface area contributed by atoms with Crippen LogP contribution in [-0.2, 0) is 6.42 Å². The molecule has 0 aliphatic rings. The van der Waals surface area contributed by atoms with Crippen LogP contribution in [-0.4, -0.2) is 19.2 Å². The van der Waals surface area contributed by atoms with Crippen LogP contribution in [0.1, 0.15) is 22.9 Å². The van der Waals surface area contributed by atoms with Crippen LogP contribution in [0.5, 0.6) is 5.75 Å². The van der Waals surface area contributed by atoms with Crippen molar-refractivity contribution in [2.75, 3.05) is 18.5 Å². The lowest BCUT2D eigenvalue weighted by molar-refractivity contribution is 0.252. The molecular weight excluding hydrogens is 296 g/mol. The van der Waals surface area contributed by atoms with E-state index in [1.54, 1.807) is 11.3 Å². The largest absolute Gasteiger partial charge is 0.492 e. The average Bonchev–Trinajstić information content (AvgIpc) is 2.82. The van der Waals surface area contributed by atoms with Gasteiger partial charge in [0.25, 0.3) is 0 Å². The van der Waals surface area contributed by atoms with E-state index in [0.29, 0.717) is 24.6 Å². The van der Waals surface area contributed by atoms with Crippen LogP contribution in [0.15, 0.2) is 29.6 Å². The van der Waals surface area contributed by atoms with Crippen molar-refractivity contribution in [1.29, 1.82) is 0 Å². The number of hydrogen-bond acceptors (Lipinski definition) is 3. The topological polar surface area (TPSA) is 50.4 Å². The van der Waals surface area contributed by atoms with Crippen molar-refractivity contribution < 1.29 is 9.53 Å². The van der Waals surface area contributed by atoms with Crippen molar-refractivity contribution in [3.63, 3.8) is 0 Å². The second-order valence-corrected chi connectivity index (χ2v) is 6.09. The normalized spacial score (nSPS) is 10.3. The molecule has 0 aliphatic heterocycles. The Kier molecular flexibility index (Phi) is 5.83. The molecule has 1 aromatic carbocycles. The summed E-state index contributed by atoms with van der Waals surface area (Å²) in [7, 11) is 0. The SMILES string of the molecule is CCOc1ccccc1NC(=O)NCCc1csc(C)c1C. The fourth-order valence-electron chi connectivity index (χ4n) is 2.14. The molecule has 0 atom stereocenters. The number of hydrogen-bond donors (Lipinski definition) is 2. The van der Waals surface area contributed by atoms with Crippen molar-refractivity contribution in [3.8, 4) is 5.75 Å². The first-order chi connectivity index (χ1) is 10.6. The van der Waals surface area contributed by atoms with Gasteiger partial charge in [0.15, 0.2) is 0 Å². The number of carbonyl (C=O) groups is 1. The molecule has 0 unspecified atom stereocenters. The van der Waals surface area contributed by atoms with Crippen LogP contribution in [0.2, 0.25) is 0 Å². The number of benzene rings is 1. The third-order valence-corrected chi connectivity index (χ3v) is 4.56. The molecule has 2 amide bonds. The number of aryl methyl sites for hydroxylation is 1. The van der Waals surface area contributed by atoms with Gasteiger partial charge in [-0.25, -0.2) is 4.79 Å². The van der Waals surface area contributed by atoms with E-state index in [0.717, 1.165) is 6.42 Å². The molecule has 1 aromatic heterocycles. The van der Waals surface area contributed by atoms with Gasteiger partial charge in [-0.1, -0.05) is 12.1 Å². The first kappa shape index (κ1) is 16.4. The van der Waals surface area contributed by atoms with Gasteiger partial charge in [0, 0.05) is 11.4 Å². The van der Waals surface area contributed by atoms with Gasteiger partial charge >= 0.3 is 6.03 Å². The predicted octanol–water partition coefficient (Wildman–Crippen LogP) is 4.13. The lowest BCUT2D eigenvalue weighted by atomic mass is 10.1. The van der Waals surface area contributed by atoms with E-state index in [-0.39, 0.29) is 6.03 Å². The predicted molar refractivity (Wildman–Crippen MR) is 92.1 cm³/mol. The van der Waals surface area contributed by atoms with Crippen molar-refractivity contribution in [2.45, 2.75) is 27.2 Å². The van der Waals surface area contributed by atoms with Crippen LogP contribution in [0.4, 0.5) is 10.5 Å². The Hall–Kier alpha value is -2.01. The number of para-hydroxylation sites is 2. The van der Waals surface area contributed by atoms with E-state index in [9.17, 15) is 4.79 Å². The first-order valence-corrected chi connectivity index (χ1v) is 8.30. The summed E-state index contributed by atoms with van der Waals surface area (Å²) in [6.07, 6.45) is 0.844. The van der Waals surface area contributed by atoms with Crippen LogP contribution >= 0.6 is 11.3 Å². The minimum Gasteiger partial charge on any atom is -0.492 e. The second kappa shape index (κ2) is 7.84. The first-order valence-electron chi connectivity index (χ1n) is 7.42. The number of carbonyl (C=O) groups excluding carboxylic acids is 1. The summed E-state index contributed by atoms with van der Waals surface area (Å²) in [5, 5.41) is 7.87. The highest BCUT2D eigenvalue weighted by molar-refractivity contribution is 7.10. The highest BCUT2D eigenvalue weighted by atomic mass is 32.1. The van der Waals surface area contributed by atoms with Crippen molar-refractivity contribution in [3.05, 3.63) is 45.6 Å². The number of amides is 2. The van der Waals surface area contributed by atoms with E-state index >= 15 is 0 Å². The molecular formula is C17H22N2O2S. The standard InChI is InChI=1S/C17H22N2O2S/c1-4-21-16-8-6-5-7-15(16)19-17(20)18-10-9-14-11-22-13(3)12(14)2/h5-8,11H,4,9-10H2,1-3H3,(H2,18,19,20). The minimum absolute atomic E-state index is 0.211. The summed E-state index contributed by atoms with van der Waals surface area (Å²) in [6, 6.07) is 7.22.